The molecule has 86 valence electrons. The molecule has 0 aromatic carbocycles. The summed E-state index contributed by atoms with van der Waals surface area (Å²) < 4.78 is 2.64. The number of thiazole rings is 1. The van der Waals surface area contributed by atoms with Crippen molar-refractivity contribution in [2.45, 2.75) is 6.54 Å². The van der Waals surface area contributed by atoms with Crippen LogP contribution in [0.4, 0.5) is 0 Å². The molecule has 0 fully saturated rings. The molecule has 0 aliphatic carbocycles. The third-order valence-electron chi connectivity index (χ3n) is 2.30. The molecule has 0 aliphatic rings. The normalized spacial score (nSPS) is 10.8. The molecule has 7 heteroatoms. The Labute approximate surface area is 111 Å². The Morgan fingerprint density at radius 3 is 3.06 bits per heavy atom. The topological polar surface area (TPSA) is 46.5 Å². The van der Waals surface area contributed by atoms with E-state index in [9.17, 15) is 0 Å². The minimum Gasteiger partial charge on any atom is -0.294 e. The molecule has 3 heterocycles. The van der Waals surface area contributed by atoms with Crippen molar-refractivity contribution >= 4 is 34.9 Å². The van der Waals surface area contributed by atoms with E-state index in [0.29, 0.717) is 11.3 Å². The fraction of sp³-hybridized carbons (Fsp3) is 0.100. The first kappa shape index (κ1) is 10.8. The van der Waals surface area contributed by atoms with Crippen LogP contribution in [-0.4, -0.2) is 19.7 Å². The Balaban J connectivity index is 2.04. The second kappa shape index (κ2) is 4.52. The van der Waals surface area contributed by atoms with E-state index in [1.807, 2.05) is 33.8 Å². The third-order valence-corrected chi connectivity index (χ3v) is 4.24. The first-order valence-corrected chi connectivity index (χ1v) is 7.08. The van der Waals surface area contributed by atoms with Gasteiger partial charge in [0.2, 0.25) is 0 Å². The van der Waals surface area contributed by atoms with Gasteiger partial charge in [-0.05, 0) is 23.7 Å². The lowest BCUT2D eigenvalue weighted by Gasteiger charge is -2.02. The predicted octanol–water partition coefficient (Wildman–Crippen LogP) is 3.17. The first-order chi connectivity index (χ1) is 8.34. The van der Waals surface area contributed by atoms with Crippen LogP contribution in [-0.2, 0) is 6.54 Å². The zero-order chi connectivity index (χ0) is 11.7. The minimum atomic E-state index is 0.641. The summed E-state index contributed by atoms with van der Waals surface area (Å²) in [5, 5.41) is 9.16. The van der Waals surface area contributed by atoms with Gasteiger partial charge >= 0.3 is 0 Å². The predicted molar refractivity (Wildman–Crippen MR) is 71.9 cm³/mol. The molecular weight excluding hydrogens is 272 g/mol. The number of nitrogens with one attached hydrogen (secondary N) is 1. The van der Waals surface area contributed by atoms with Gasteiger partial charge in [-0.25, -0.2) is 0 Å². The van der Waals surface area contributed by atoms with Gasteiger partial charge in [-0.1, -0.05) is 6.07 Å². The van der Waals surface area contributed by atoms with Crippen molar-refractivity contribution in [2.24, 2.45) is 0 Å². The number of nitrogens with zero attached hydrogens (tertiary/aromatic N) is 3. The van der Waals surface area contributed by atoms with E-state index >= 15 is 0 Å². The number of aromatic amines is 1. The molecule has 17 heavy (non-hydrogen) atoms. The summed E-state index contributed by atoms with van der Waals surface area (Å²) in [4.78, 5) is 6.35. The lowest BCUT2D eigenvalue weighted by atomic mass is 10.4. The summed E-state index contributed by atoms with van der Waals surface area (Å²) >= 11 is 8.53. The van der Waals surface area contributed by atoms with Crippen molar-refractivity contribution in [2.75, 3.05) is 0 Å². The van der Waals surface area contributed by atoms with Gasteiger partial charge in [0.1, 0.15) is 0 Å². The molecule has 0 aliphatic heterocycles. The Kier molecular flexibility index (Phi) is 2.87. The van der Waals surface area contributed by atoms with Crippen molar-refractivity contribution in [3.63, 3.8) is 0 Å². The van der Waals surface area contributed by atoms with Crippen LogP contribution in [0.1, 0.15) is 4.88 Å². The highest BCUT2D eigenvalue weighted by molar-refractivity contribution is 7.71. The van der Waals surface area contributed by atoms with Crippen molar-refractivity contribution < 1.29 is 0 Å². The van der Waals surface area contributed by atoms with E-state index in [0.717, 1.165) is 10.7 Å². The first-order valence-electron chi connectivity index (χ1n) is 4.91. The zero-order valence-corrected chi connectivity index (χ0v) is 11.1. The van der Waals surface area contributed by atoms with Crippen LogP contribution in [0.5, 0.6) is 0 Å². The van der Waals surface area contributed by atoms with E-state index in [-0.39, 0.29) is 0 Å². The van der Waals surface area contributed by atoms with Gasteiger partial charge in [-0.3, -0.25) is 14.6 Å². The maximum atomic E-state index is 5.25. The lowest BCUT2D eigenvalue weighted by molar-refractivity contribution is 0.802. The van der Waals surface area contributed by atoms with Crippen LogP contribution in [0.15, 0.2) is 29.2 Å². The Morgan fingerprint density at radius 2 is 2.35 bits per heavy atom. The smallest absolute Gasteiger partial charge is 0.195 e. The van der Waals surface area contributed by atoms with Gasteiger partial charge in [-0.2, -0.15) is 5.10 Å². The van der Waals surface area contributed by atoms with Gasteiger partial charge in [0.15, 0.2) is 10.6 Å². The van der Waals surface area contributed by atoms with Crippen molar-refractivity contribution in [1.29, 1.82) is 0 Å². The lowest BCUT2D eigenvalue weighted by Crippen LogP contribution is -2.00. The Morgan fingerprint density at radius 1 is 1.41 bits per heavy atom. The van der Waals surface area contributed by atoms with Crippen molar-refractivity contribution in [1.82, 2.24) is 19.7 Å². The van der Waals surface area contributed by atoms with Crippen molar-refractivity contribution in [3.8, 4) is 10.7 Å². The molecule has 0 saturated carbocycles. The van der Waals surface area contributed by atoms with E-state index in [1.54, 1.807) is 22.7 Å². The van der Waals surface area contributed by atoms with E-state index in [2.05, 4.69) is 15.2 Å². The van der Waals surface area contributed by atoms with E-state index < -0.39 is 0 Å². The van der Waals surface area contributed by atoms with Crippen molar-refractivity contribution in [3.05, 3.63) is 38.9 Å². The van der Waals surface area contributed by atoms with Crippen LogP contribution < -0.4 is 0 Å². The van der Waals surface area contributed by atoms with Gasteiger partial charge in [0.25, 0.3) is 0 Å². The van der Waals surface area contributed by atoms with Gasteiger partial charge < -0.3 is 0 Å². The molecule has 0 atom stereocenters. The largest absolute Gasteiger partial charge is 0.294 e. The molecule has 4 nitrogen and oxygen atoms in total. The van der Waals surface area contributed by atoms with Crippen LogP contribution in [0.3, 0.4) is 0 Å². The number of rotatable bonds is 3. The summed E-state index contributed by atoms with van der Waals surface area (Å²) in [6.07, 6.45) is 1.86. The molecule has 0 saturated heterocycles. The highest BCUT2D eigenvalue weighted by Gasteiger charge is 2.10. The monoisotopic (exact) mass is 280 g/mol. The highest BCUT2D eigenvalue weighted by atomic mass is 32.1. The zero-order valence-electron chi connectivity index (χ0n) is 8.66. The summed E-state index contributed by atoms with van der Waals surface area (Å²) in [5.74, 6) is 0.887. The summed E-state index contributed by atoms with van der Waals surface area (Å²) in [5.41, 5.74) is 1.82. The fourth-order valence-electron chi connectivity index (χ4n) is 1.53. The average Bonchev–Trinajstić information content (AvgIpc) is 3.03. The number of thiophene rings is 1. The minimum absolute atomic E-state index is 0.641. The Hall–Kier alpha value is -1.31. The highest BCUT2D eigenvalue weighted by Crippen LogP contribution is 2.23. The number of aromatic nitrogens is 4. The maximum absolute atomic E-state index is 5.25. The third kappa shape index (κ3) is 2.08. The van der Waals surface area contributed by atoms with E-state index in [4.69, 9.17) is 12.2 Å². The second-order valence-corrected chi connectivity index (χ2v) is 5.69. The molecule has 0 bridgehead atoms. The maximum Gasteiger partial charge on any atom is 0.195 e. The molecule has 3 rings (SSSR count). The molecule has 1 N–H and O–H groups in total. The molecule has 0 spiro atoms. The van der Waals surface area contributed by atoms with Crippen LogP contribution in [0.25, 0.3) is 10.7 Å². The Bertz CT molecular complexity index is 648. The standard InChI is InChI=1S/C10H8N4S3/c15-10-13-12-9(8-2-1-3-16-8)14(10)5-7-4-11-6-17-7/h1-4,6H,5H2,(H,13,15). The quantitative estimate of drug-likeness (QED) is 0.750. The molecule has 0 unspecified atom stereocenters. The average molecular weight is 280 g/mol. The fourth-order valence-corrected chi connectivity index (χ4v) is 3.04. The summed E-state index contributed by atoms with van der Waals surface area (Å²) in [6, 6.07) is 4.05. The summed E-state index contributed by atoms with van der Waals surface area (Å²) in [6.45, 7) is 0.716. The number of hydrogen-bond acceptors (Lipinski definition) is 5. The molecule has 0 amide bonds. The van der Waals surface area contributed by atoms with E-state index in [1.165, 1.54) is 4.88 Å². The SMILES string of the molecule is S=c1[nH]nc(-c2cccs2)n1Cc1cncs1. The van der Waals surface area contributed by atoms with Crippen LogP contribution in [0.2, 0.25) is 0 Å². The summed E-state index contributed by atoms with van der Waals surface area (Å²) in [7, 11) is 0. The van der Waals surface area contributed by atoms with Gasteiger partial charge in [0.05, 0.1) is 16.9 Å². The molecular formula is C10H8N4S3. The molecule has 0 radical (unpaired) electrons. The van der Waals surface area contributed by atoms with Gasteiger partial charge in [0, 0.05) is 11.1 Å². The van der Waals surface area contributed by atoms with Gasteiger partial charge in [-0.15, -0.1) is 22.7 Å². The molecule has 3 aromatic heterocycles. The van der Waals surface area contributed by atoms with Crippen LogP contribution in [0, 0.1) is 4.77 Å². The molecule has 3 aromatic rings. The second-order valence-electron chi connectivity index (χ2n) is 3.38. The number of H-pyrrole nitrogens is 1. The van der Waals surface area contributed by atoms with Crippen LogP contribution >= 0.6 is 34.9 Å². The number of hydrogen-bond donors (Lipinski definition) is 1.